The standard InChI is InChI=1S/C19H22N6O3S/c1-12-13(11-21-23-12)10-20-16(26)4-3-5-17-24-25-19(29-17)18(27)22-14-6-8-15(28-2)9-7-14/h6-9,11H,3-5,10H2,1-2H3,(H,20,26)(H,21,23)(H,22,27). The molecule has 0 fully saturated rings. The van der Waals surface area contributed by atoms with Gasteiger partial charge in [-0.25, -0.2) is 0 Å². The van der Waals surface area contributed by atoms with E-state index in [-0.39, 0.29) is 16.8 Å². The van der Waals surface area contributed by atoms with Gasteiger partial charge in [-0.2, -0.15) is 5.10 Å². The molecule has 2 heterocycles. The molecule has 9 nitrogen and oxygen atoms in total. The van der Waals surface area contributed by atoms with E-state index in [4.69, 9.17) is 4.74 Å². The third-order valence-electron chi connectivity index (χ3n) is 4.21. The van der Waals surface area contributed by atoms with Crippen molar-refractivity contribution < 1.29 is 14.3 Å². The quantitative estimate of drug-likeness (QED) is 0.494. The fourth-order valence-corrected chi connectivity index (χ4v) is 3.32. The van der Waals surface area contributed by atoms with Crippen molar-refractivity contribution in [2.45, 2.75) is 32.7 Å². The first-order valence-electron chi connectivity index (χ1n) is 9.08. The Balaban J connectivity index is 1.41. The predicted molar refractivity (Wildman–Crippen MR) is 109 cm³/mol. The lowest BCUT2D eigenvalue weighted by Crippen LogP contribution is -2.22. The van der Waals surface area contributed by atoms with Crippen LogP contribution in [0.5, 0.6) is 5.75 Å². The van der Waals surface area contributed by atoms with Crippen LogP contribution in [-0.2, 0) is 17.8 Å². The van der Waals surface area contributed by atoms with Crippen LogP contribution in [0.4, 0.5) is 5.69 Å². The van der Waals surface area contributed by atoms with Crippen LogP contribution in [0.15, 0.2) is 30.5 Å². The molecule has 3 aromatic rings. The van der Waals surface area contributed by atoms with E-state index in [1.807, 2.05) is 6.92 Å². The summed E-state index contributed by atoms with van der Waals surface area (Å²) in [5, 5.41) is 21.4. The van der Waals surface area contributed by atoms with Crippen LogP contribution < -0.4 is 15.4 Å². The minimum atomic E-state index is -0.313. The van der Waals surface area contributed by atoms with Gasteiger partial charge < -0.3 is 15.4 Å². The third-order valence-corrected chi connectivity index (χ3v) is 5.20. The molecule has 0 saturated heterocycles. The Morgan fingerprint density at radius 1 is 1.21 bits per heavy atom. The van der Waals surface area contributed by atoms with Crippen molar-refractivity contribution in [3.8, 4) is 5.75 Å². The summed E-state index contributed by atoms with van der Waals surface area (Å²) in [5.74, 6) is 0.366. The van der Waals surface area contributed by atoms with Crippen LogP contribution in [0.3, 0.4) is 0 Å². The molecule has 0 saturated carbocycles. The maximum absolute atomic E-state index is 12.3. The number of nitrogens with one attached hydrogen (secondary N) is 3. The van der Waals surface area contributed by atoms with Crippen molar-refractivity contribution in [3.63, 3.8) is 0 Å². The lowest BCUT2D eigenvalue weighted by Gasteiger charge is -2.04. The van der Waals surface area contributed by atoms with Crippen LogP contribution in [-0.4, -0.2) is 39.3 Å². The second-order valence-electron chi connectivity index (χ2n) is 6.33. The number of aryl methyl sites for hydroxylation is 2. The van der Waals surface area contributed by atoms with Crippen molar-refractivity contribution in [3.05, 3.63) is 51.7 Å². The SMILES string of the molecule is COc1ccc(NC(=O)c2nnc(CCCC(=O)NCc3cn[nH]c3C)s2)cc1. The summed E-state index contributed by atoms with van der Waals surface area (Å²) in [4.78, 5) is 24.2. The molecule has 29 heavy (non-hydrogen) atoms. The largest absolute Gasteiger partial charge is 0.497 e. The van der Waals surface area contributed by atoms with Crippen LogP contribution in [0.25, 0.3) is 0 Å². The number of amides is 2. The van der Waals surface area contributed by atoms with Crippen molar-refractivity contribution >= 4 is 28.8 Å². The molecule has 2 amide bonds. The number of methoxy groups -OCH3 is 1. The summed E-state index contributed by atoms with van der Waals surface area (Å²) in [6.45, 7) is 2.36. The number of H-pyrrole nitrogens is 1. The highest BCUT2D eigenvalue weighted by Crippen LogP contribution is 2.18. The molecule has 2 aromatic heterocycles. The molecule has 3 rings (SSSR count). The van der Waals surface area contributed by atoms with Crippen LogP contribution >= 0.6 is 11.3 Å². The Bertz CT molecular complexity index is 966. The minimum Gasteiger partial charge on any atom is -0.497 e. The van der Waals surface area contributed by atoms with Gasteiger partial charge in [-0.05, 0) is 37.6 Å². The number of hydrogen-bond donors (Lipinski definition) is 3. The molecule has 1 aromatic carbocycles. The van der Waals surface area contributed by atoms with E-state index in [9.17, 15) is 9.59 Å². The summed E-state index contributed by atoms with van der Waals surface area (Å²) in [5.41, 5.74) is 2.56. The summed E-state index contributed by atoms with van der Waals surface area (Å²) < 4.78 is 5.09. The number of rotatable bonds is 9. The van der Waals surface area contributed by atoms with E-state index >= 15 is 0 Å². The normalized spacial score (nSPS) is 10.6. The maximum Gasteiger partial charge on any atom is 0.286 e. The smallest absolute Gasteiger partial charge is 0.286 e. The van der Waals surface area contributed by atoms with Crippen molar-refractivity contribution in [1.29, 1.82) is 0 Å². The van der Waals surface area contributed by atoms with Gasteiger partial charge in [0.1, 0.15) is 10.8 Å². The molecule has 0 aliphatic rings. The summed E-state index contributed by atoms with van der Waals surface area (Å²) in [7, 11) is 1.58. The molecule has 0 aliphatic heterocycles. The topological polar surface area (TPSA) is 122 Å². The molecular formula is C19H22N6O3S. The molecular weight excluding hydrogens is 392 g/mol. The third kappa shape index (κ3) is 5.85. The molecule has 0 spiro atoms. The first-order valence-corrected chi connectivity index (χ1v) is 9.90. The maximum atomic E-state index is 12.3. The van der Waals surface area contributed by atoms with E-state index in [1.165, 1.54) is 11.3 Å². The van der Waals surface area contributed by atoms with Gasteiger partial charge >= 0.3 is 0 Å². The van der Waals surface area contributed by atoms with E-state index in [0.29, 0.717) is 37.2 Å². The van der Waals surface area contributed by atoms with Gasteiger partial charge in [0, 0.05) is 36.3 Å². The van der Waals surface area contributed by atoms with Gasteiger partial charge in [0.15, 0.2) is 0 Å². The molecule has 152 valence electrons. The molecule has 0 radical (unpaired) electrons. The lowest BCUT2D eigenvalue weighted by atomic mass is 10.2. The van der Waals surface area contributed by atoms with Gasteiger partial charge in [0.05, 0.1) is 13.3 Å². The van der Waals surface area contributed by atoms with Gasteiger partial charge in [-0.3, -0.25) is 14.7 Å². The highest BCUT2D eigenvalue weighted by molar-refractivity contribution is 7.13. The number of aromatic nitrogens is 4. The van der Waals surface area contributed by atoms with E-state index in [0.717, 1.165) is 16.3 Å². The zero-order valence-corrected chi connectivity index (χ0v) is 17.0. The Morgan fingerprint density at radius 2 is 2.00 bits per heavy atom. The monoisotopic (exact) mass is 414 g/mol. The Labute approximate surface area is 171 Å². The van der Waals surface area contributed by atoms with E-state index < -0.39 is 0 Å². The van der Waals surface area contributed by atoms with Crippen LogP contribution in [0.1, 0.15) is 38.9 Å². The zero-order chi connectivity index (χ0) is 20.6. The first-order chi connectivity index (χ1) is 14.0. The summed E-state index contributed by atoms with van der Waals surface area (Å²) in [6.07, 6.45) is 3.30. The fraction of sp³-hybridized carbons (Fsp3) is 0.316. The number of hydrogen-bond acceptors (Lipinski definition) is 7. The average Bonchev–Trinajstić information content (AvgIpc) is 3.36. The van der Waals surface area contributed by atoms with Gasteiger partial charge in [0.25, 0.3) is 5.91 Å². The van der Waals surface area contributed by atoms with Gasteiger partial charge in [-0.15, -0.1) is 10.2 Å². The zero-order valence-electron chi connectivity index (χ0n) is 16.2. The number of aromatic amines is 1. The molecule has 0 atom stereocenters. The van der Waals surface area contributed by atoms with Gasteiger partial charge in [0.2, 0.25) is 10.9 Å². The number of anilines is 1. The number of carbonyl (C=O) groups is 2. The number of nitrogens with zero attached hydrogens (tertiary/aromatic N) is 3. The Hall–Kier alpha value is -3.27. The molecule has 0 unspecified atom stereocenters. The van der Waals surface area contributed by atoms with E-state index in [2.05, 4.69) is 31.0 Å². The molecule has 3 N–H and O–H groups in total. The molecule has 0 bridgehead atoms. The summed E-state index contributed by atoms with van der Waals surface area (Å²) >= 11 is 1.23. The second kappa shape index (κ2) is 9.78. The highest BCUT2D eigenvalue weighted by Gasteiger charge is 2.13. The van der Waals surface area contributed by atoms with Crippen molar-refractivity contribution in [1.82, 2.24) is 25.7 Å². The number of benzene rings is 1. The molecule has 0 aliphatic carbocycles. The van der Waals surface area contributed by atoms with Crippen molar-refractivity contribution in [2.24, 2.45) is 0 Å². The number of carbonyl (C=O) groups excluding carboxylic acids is 2. The highest BCUT2D eigenvalue weighted by atomic mass is 32.1. The van der Waals surface area contributed by atoms with Crippen LogP contribution in [0.2, 0.25) is 0 Å². The second-order valence-corrected chi connectivity index (χ2v) is 7.40. The molecule has 10 heteroatoms. The lowest BCUT2D eigenvalue weighted by molar-refractivity contribution is -0.121. The van der Waals surface area contributed by atoms with Crippen LogP contribution in [0, 0.1) is 6.92 Å². The fourth-order valence-electron chi connectivity index (χ4n) is 2.54. The summed E-state index contributed by atoms with van der Waals surface area (Å²) in [6, 6.07) is 7.03. The number of ether oxygens (including phenoxy) is 1. The Kier molecular flexibility index (Phi) is 6.90. The van der Waals surface area contributed by atoms with E-state index in [1.54, 1.807) is 37.6 Å². The Morgan fingerprint density at radius 3 is 2.69 bits per heavy atom. The predicted octanol–water partition coefficient (Wildman–Crippen LogP) is 2.47. The minimum absolute atomic E-state index is 0.0346. The average molecular weight is 414 g/mol. The van der Waals surface area contributed by atoms with Crippen molar-refractivity contribution in [2.75, 3.05) is 12.4 Å². The van der Waals surface area contributed by atoms with Gasteiger partial charge in [-0.1, -0.05) is 11.3 Å². The first kappa shape index (κ1) is 20.5.